The molecule has 1 fully saturated rings. The fraction of sp³-hybridized carbons (Fsp3) is 0.500. The number of nitrogens with zero attached hydrogens (tertiary/aromatic N) is 1. The molecule has 2 rings (SSSR count). The molecule has 98 valence electrons. The Bertz CT molecular complexity index is 427. The maximum absolute atomic E-state index is 11.7. The smallest absolute Gasteiger partial charge is 0.309 e. The van der Waals surface area contributed by atoms with E-state index in [0.717, 1.165) is 4.88 Å². The summed E-state index contributed by atoms with van der Waals surface area (Å²) >= 11 is 1.61. The molecule has 1 aliphatic heterocycles. The van der Waals surface area contributed by atoms with Gasteiger partial charge >= 0.3 is 5.97 Å². The van der Waals surface area contributed by atoms with Crippen molar-refractivity contribution in [2.45, 2.75) is 13.0 Å². The predicted molar refractivity (Wildman–Crippen MR) is 68.4 cm³/mol. The van der Waals surface area contributed by atoms with E-state index in [0.29, 0.717) is 13.1 Å². The van der Waals surface area contributed by atoms with Crippen molar-refractivity contribution in [3.05, 3.63) is 22.4 Å². The molecule has 18 heavy (non-hydrogen) atoms. The van der Waals surface area contributed by atoms with Gasteiger partial charge in [-0.05, 0) is 18.4 Å². The van der Waals surface area contributed by atoms with Crippen molar-refractivity contribution < 1.29 is 14.7 Å². The first-order valence-electron chi connectivity index (χ1n) is 5.84. The Kier molecular flexibility index (Phi) is 3.98. The minimum absolute atomic E-state index is 0.00838. The second-order valence-corrected chi connectivity index (χ2v) is 5.51. The monoisotopic (exact) mass is 268 g/mol. The van der Waals surface area contributed by atoms with Crippen LogP contribution < -0.4 is 5.32 Å². The lowest BCUT2D eigenvalue weighted by Crippen LogP contribution is -2.53. The zero-order valence-corrected chi connectivity index (χ0v) is 10.9. The molecule has 1 unspecified atom stereocenters. The normalized spacial score (nSPS) is 18.1. The number of thiophene rings is 1. The number of aliphatic carboxylic acids is 1. The predicted octanol–water partition coefficient (Wildman–Crippen LogP) is 0.942. The molecule has 1 saturated heterocycles. The number of rotatable bonds is 5. The number of nitrogens with one attached hydrogen (secondary N) is 1. The summed E-state index contributed by atoms with van der Waals surface area (Å²) in [7, 11) is 0. The summed E-state index contributed by atoms with van der Waals surface area (Å²) < 4.78 is 0. The summed E-state index contributed by atoms with van der Waals surface area (Å²) in [5, 5.41) is 13.6. The van der Waals surface area contributed by atoms with Crippen LogP contribution in [-0.2, 0) is 9.59 Å². The van der Waals surface area contributed by atoms with E-state index in [-0.39, 0.29) is 24.4 Å². The molecular formula is C12H16N2O3S. The van der Waals surface area contributed by atoms with Gasteiger partial charge in [-0.2, -0.15) is 0 Å². The molecule has 0 aliphatic carbocycles. The summed E-state index contributed by atoms with van der Waals surface area (Å²) in [6.45, 7) is 3.16. The Morgan fingerprint density at radius 3 is 2.89 bits per heavy atom. The first kappa shape index (κ1) is 13.0. The van der Waals surface area contributed by atoms with Crippen molar-refractivity contribution in [2.75, 3.05) is 19.6 Å². The van der Waals surface area contributed by atoms with E-state index in [9.17, 15) is 9.59 Å². The van der Waals surface area contributed by atoms with Gasteiger partial charge in [0.15, 0.2) is 0 Å². The fourth-order valence-corrected chi connectivity index (χ4v) is 2.69. The average Bonchev–Trinajstić information content (AvgIpc) is 2.75. The number of carbonyl (C=O) groups is 2. The highest BCUT2D eigenvalue weighted by Crippen LogP contribution is 2.18. The summed E-state index contributed by atoms with van der Waals surface area (Å²) in [5.74, 6) is -1.15. The molecule has 1 aliphatic rings. The molecule has 6 heteroatoms. The summed E-state index contributed by atoms with van der Waals surface area (Å²) in [4.78, 5) is 25.3. The molecule has 5 nitrogen and oxygen atoms in total. The van der Waals surface area contributed by atoms with Crippen LogP contribution in [0.25, 0.3) is 0 Å². The van der Waals surface area contributed by atoms with Crippen molar-refractivity contribution in [3.8, 4) is 0 Å². The van der Waals surface area contributed by atoms with E-state index in [1.54, 1.807) is 11.3 Å². The SMILES string of the molecule is CC(NC(=O)CN1CC(C(=O)O)C1)c1cccs1. The van der Waals surface area contributed by atoms with Crippen LogP contribution in [0.2, 0.25) is 0 Å². The van der Waals surface area contributed by atoms with E-state index < -0.39 is 5.97 Å². The van der Waals surface area contributed by atoms with E-state index in [2.05, 4.69) is 5.32 Å². The number of hydrogen-bond donors (Lipinski definition) is 2. The largest absolute Gasteiger partial charge is 0.481 e. The quantitative estimate of drug-likeness (QED) is 0.834. The zero-order valence-electron chi connectivity index (χ0n) is 10.1. The molecule has 1 aromatic heterocycles. The van der Waals surface area contributed by atoms with Crippen molar-refractivity contribution in [1.82, 2.24) is 10.2 Å². The highest BCUT2D eigenvalue weighted by Gasteiger charge is 2.33. The first-order chi connectivity index (χ1) is 8.56. The highest BCUT2D eigenvalue weighted by molar-refractivity contribution is 7.10. The number of hydrogen-bond acceptors (Lipinski definition) is 4. The molecule has 1 amide bonds. The molecule has 0 radical (unpaired) electrons. The molecule has 2 heterocycles. The topological polar surface area (TPSA) is 69.6 Å². The number of amides is 1. The zero-order chi connectivity index (χ0) is 13.1. The van der Waals surface area contributed by atoms with Crippen molar-refractivity contribution in [2.24, 2.45) is 5.92 Å². The lowest BCUT2D eigenvalue weighted by Gasteiger charge is -2.36. The van der Waals surface area contributed by atoms with Crippen LogP contribution in [0.4, 0.5) is 0 Å². The Morgan fingerprint density at radius 1 is 1.61 bits per heavy atom. The van der Waals surface area contributed by atoms with Gasteiger partial charge < -0.3 is 10.4 Å². The molecule has 2 N–H and O–H groups in total. The van der Waals surface area contributed by atoms with Gasteiger partial charge in [0.25, 0.3) is 0 Å². The Balaban J connectivity index is 1.72. The summed E-state index contributed by atoms with van der Waals surface area (Å²) in [5.41, 5.74) is 0. The second-order valence-electron chi connectivity index (χ2n) is 4.53. The lowest BCUT2D eigenvalue weighted by atomic mass is 10.0. The third kappa shape index (κ3) is 3.08. The van der Waals surface area contributed by atoms with Crippen molar-refractivity contribution in [3.63, 3.8) is 0 Å². The second kappa shape index (κ2) is 5.49. The van der Waals surface area contributed by atoms with Crippen LogP contribution in [0, 0.1) is 5.92 Å². The van der Waals surface area contributed by atoms with Crippen LogP contribution in [0.1, 0.15) is 17.8 Å². The third-order valence-corrected chi connectivity index (χ3v) is 4.08. The highest BCUT2D eigenvalue weighted by atomic mass is 32.1. The van der Waals surface area contributed by atoms with Gasteiger partial charge in [0, 0.05) is 18.0 Å². The molecule has 0 saturated carbocycles. The molecule has 0 spiro atoms. The van der Waals surface area contributed by atoms with Gasteiger partial charge in [0.2, 0.25) is 5.91 Å². The summed E-state index contributed by atoms with van der Waals surface area (Å²) in [6, 6.07) is 3.95. The number of carboxylic acid groups (broad SMARTS) is 1. The molecular weight excluding hydrogens is 252 g/mol. The average molecular weight is 268 g/mol. The van der Waals surface area contributed by atoms with Crippen LogP contribution in [0.3, 0.4) is 0 Å². The van der Waals surface area contributed by atoms with Gasteiger partial charge in [-0.1, -0.05) is 6.07 Å². The maximum atomic E-state index is 11.7. The minimum atomic E-state index is -0.779. The van der Waals surface area contributed by atoms with Crippen LogP contribution >= 0.6 is 11.3 Å². The van der Waals surface area contributed by atoms with Gasteiger partial charge in [-0.3, -0.25) is 14.5 Å². The number of carboxylic acids is 1. The Hall–Kier alpha value is -1.40. The fourth-order valence-electron chi connectivity index (χ4n) is 1.95. The van der Waals surface area contributed by atoms with E-state index >= 15 is 0 Å². The van der Waals surface area contributed by atoms with Crippen molar-refractivity contribution in [1.29, 1.82) is 0 Å². The lowest BCUT2D eigenvalue weighted by molar-refractivity contribution is -0.148. The van der Waals surface area contributed by atoms with Crippen molar-refractivity contribution >= 4 is 23.2 Å². The van der Waals surface area contributed by atoms with Crippen LogP contribution in [-0.4, -0.2) is 41.5 Å². The van der Waals surface area contributed by atoms with Crippen LogP contribution in [0.5, 0.6) is 0 Å². The first-order valence-corrected chi connectivity index (χ1v) is 6.72. The van der Waals surface area contributed by atoms with E-state index in [1.165, 1.54) is 0 Å². The molecule has 1 atom stereocenters. The van der Waals surface area contributed by atoms with Gasteiger partial charge in [-0.15, -0.1) is 11.3 Å². The molecule has 0 bridgehead atoms. The molecule has 1 aromatic rings. The van der Waals surface area contributed by atoms with Crippen LogP contribution in [0.15, 0.2) is 17.5 Å². The summed E-state index contributed by atoms with van der Waals surface area (Å²) in [6.07, 6.45) is 0. The third-order valence-electron chi connectivity index (χ3n) is 3.02. The minimum Gasteiger partial charge on any atom is -0.481 e. The maximum Gasteiger partial charge on any atom is 0.309 e. The van der Waals surface area contributed by atoms with Gasteiger partial charge in [-0.25, -0.2) is 0 Å². The number of likely N-dealkylation sites (tertiary alicyclic amines) is 1. The van der Waals surface area contributed by atoms with E-state index in [1.807, 2.05) is 29.3 Å². The number of carbonyl (C=O) groups excluding carboxylic acids is 1. The Labute approximate surface area is 109 Å². The standard InChI is InChI=1S/C12H16N2O3S/c1-8(10-3-2-4-18-10)13-11(15)7-14-5-9(6-14)12(16)17/h2-4,8-9H,5-7H2,1H3,(H,13,15)(H,16,17). The van der Waals surface area contributed by atoms with Gasteiger partial charge in [0.05, 0.1) is 18.5 Å². The molecule has 0 aromatic carbocycles. The Morgan fingerprint density at radius 2 is 2.33 bits per heavy atom. The van der Waals surface area contributed by atoms with E-state index in [4.69, 9.17) is 5.11 Å². The van der Waals surface area contributed by atoms with Gasteiger partial charge in [0.1, 0.15) is 0 Å².